The molecule has 8 heteroatoms. The first-order valence-electron chi connectivity index (χ1n) is 6.86. The zero-order valence-electron chi connectivity index (χ0n) is 12.2. The Labute approximate surface area is 141 Å². The van der Waals surface area contributed by atoms with Crippen LogP contribution in [0.1, 0.15) is 18.2 Å². The standard InChI is InChI=1S/C15H12ClN5OS/c1-2-11(21-22-15-18-7-4-8-19-15)12-13(16)20-14(23-12)10-5-3-6-17-9-10/h3-9H,2H2,1H3. The van der Waals surface area contributed by atoms with E-state index in [1.165, 1.54) is 11.3 Å². The lowest BCUT2D eigenvalue weighted by molar-refractivity contribution is 0.312. The van der Waals surface area contributed by atoms with Crippen molar-refractivity contribution in [1.29, 1.82) is 0 Å². The van der Waals surface area contributed by atoms with Gasteiger partial charge >= 0.3 is 6.01 Å². The first kappa shape index (κ1) is 15.5. The van der Waals surface area contributed by atoms with Gasteiger partial charge in [0, 0.05) is 30.4 Å². The maximum atomic E-state index is 6.26. The Morgan fingerprint density at radius 1 is 1.26 bits per heavy atom. The first-order valence-corrected chi connectivity index (χ1v) is 8.05. The summed E-state index contributed by atoms with van der Waals surface area (Å²) in [6.45, 7) is 1.97. The molecule has 23 heavy (non-hydrogen) atoms. The Kier molecular flexibility index (Phi) is 4.89. The van der Waals surface area contributed by atoms with Crippen LogP contribution >= 0.6 is 22.9 Å². The third kappa shape index (κ3) is 3.69. The molecule has 0 aliphatic heterocycles. The van der Waals surface area contributed by atoms with Crippen LogP contribution < -0.4 is 4.84 Å². The fourth-order valence-electron chi connectivity index (χ4n) is 1.79. The highest BCUT2D eigenvalue weighted by molar-refractivity contribution is 7.17. The molecule has 3 heterocycles. The van der Waals surface area contributed by atoms with E-state index in [0.717, 1.165) is 15.4 Å². The van der Waals surface area contributed by atoms with E-state index < -0.39 is 0 Å². The lowest BCUT2D eigenvalue weighted by Gasteiger charge is -2.00. The lowest BCUT2D eigenvalue weighted by atomic mass is 10.3. The van der Waals surface area contributed by atoms with Gasteiger partial charge < -0.3 is 4.84 Å². The first-order chi connectivity index (χ1) is 11.3. The second-order valence-corrected chi connectivity index (χ2v) is 5.75. The number of hydrogen-bond acceptors (Lipinski definition) is 7. The monoisotopic (exact) mass is 345 g/mol. The van der Waals surface area contributed by atoms with Crippen molar-refractivity contribution >= 4 is 28.6 Å². The van der Waals surface area contributed by atoms with Gasteiger partial charge in [-0.3, -0.25) is 4.98 Å². The van der Waals surface area contributed by atoms with E-state index in [-0.39, 0.29) is 6.01 Å². The van der Waals surface area contributed by atoms with Crippen LogP contribution in [-0.4, -0.2) is 25.6 Å². The third-order valence-corrected chi connectivity index (χ3v) is 4.41. The van der Waals surface area contributed by atoms with E-state index in [0.29, 0.717) is 17.3 Å². The SMILES string of the molecule is CCC(=NOc1ncccn1)c1sc(-c2cccnc2)nc1Cl. The molecule has 0 fully saturated rings. The number of rotatable bonds is 5. The fraction of sp³-hybridized carbons (Fsp3) is 0.133. The van der Waals surface area contributed by atoms with E-state index >= 15 is 0 Å². The second kappa shape index (κ2) is 7.26. The van der Waals surface area contributed by atoms with Crippen LogP contribution in [0.4, 0.5) is 0 Å². The molecule has 0 radical (unpaired) electrons. The van der Waals surface area contributed by atoms with Crippen LogP contribution in [0, 0.1) is 0 Å². The van der Waals surface area contributed by atoms with Crippen molar-refractivity contribution < 1.29 is 4.84 Å². The largest absolute Gasteiger partial charge is 0.345 e. The summed E-state index contributed by atoms with van der Waals surface area (Å²) in [5.41, 5.74) is 1.60. The fourth-order valence-corrected chi connectivity index (χ4v) is 3.14. The molecule has 0 saturated heterocycles. The van der Waals surface area contributed by atoms with Crippen LogP contribution in [0.2, 0.25) is 5.15 Å². The van der Waals surface area contributed by atoms with Gasteiger partial charge in [-0.25, -0.2) is 15.0 Å². The Balaban J connectivity index is 1.88. The summed E-state index contributed by atoms with van der Waals surface area (Å²) in [6.07, 6.45) is 7.27. The van der Waals surface area contributed by atoms with Crippen molar-refractivity contribution in [2.24, 2.45) is 5.16 Å². The number of pyridine rings is 1. The van der Waals surface area contributed by atoms with Crippen molar-refractivity contribution in [1.82, 2.24) is 19.9 Å². The van der Waals surface area contributed by atoms with E-state index in [4.69, 9.17) is 16.4 Å². The quantitative estimate of drug-likeness (QED) is 0.519. The minimum absolute atomic E-state index is 0.187. The average molecular weight is 346 g/mol. The van der Waals surface area contributed by atoms with Crippen LogP contribution in [-0.2, 0) is 0 Å². The zero-order chi connectivity index (χ0) is 16.1. The average Bonchev–Trinajstić information content (AvgIpc) is 2.99. The summed E-state index contributed by atoms with van der Waals surface area (Å²) in [5, 5.41) is 5.30. The smallest absolute Gasteiger partial charge is 0.315 e. The highest BCUT2D eigenvalue weighted by Crippen LogP contribution is 2.31. The van der Waals surface area contributed by atoms with Gasteiger partial charge in [-0.1, -0.05) is 23.7 Å². The summed E-state index contributed by atoms with van der Waals surface area (Å²) in [4.78, 5) is 22.4. The maximum absolute atomic E-state index is 6.26. The number of hydrogen-bond donors (Lipinski definition) is 0. The molecular formula is C15H12ClN5OS. The number of thiazole rings is 1. The van der Waals surface area contributed by atoms with Gasteiger partial charge in [0.15, 0.2) is 0 Å². The molecule has 0 aliphatic carbocycles. The molecule has 0 aliphatic rings. The van der Waals surface area contributed by atoms with Crippen molar-refractivity contribution in [3.05, 3.63) is 53.0 Å². The number of nitrogens with zero attached hydrogens (tertiary/aromatic N) is 5. The molecule has 3 rings (SSSR count). The molecule has 0 aromatic carbocycles. The van der Waals surface area contributed by atoms with E-state index in [2.05, 4.69) is 25.1 Å². The molecule has 0 unspecified atom stereocenters. The Bertz CT molecular complexity index is 807. The number of halogens is 1. The zero-order valence-corrected chi connectivity index (χ0v) is 13.8. The van der Waals surface area contributed by atoms with Crippen molar-refractivity contribution in [2.45, 2.75) is 13.3 Å². The molecular weight excluding hydrogens is 334 g/mol. The number of aromatic nitrogens is 4. The van der Waals surface area contributed by atoms with Crippen molar-refractivity contribution in [3.63, 3.8) is 0 Å². The minimum Gasteiger partial charge on any atom is -0.315 e. The molecule has 0 bridgehead atoms. The predicted octanol–water partition coefficient (Wildman–Crippen LogP) is 3.84. The predicted molar refractivity (Wildman–Crippen MR) is 89.8 cm³/mol. The Hall–Kier alpha value is -2.38. The molecule has 0 saturated carbocycles. The number of oxime groups is 1. The molecule has 0 amide bonds. The second-order valence-electron chi connectivity index (χ2n) is 4.39. The van der Waals surface area contributed by atoms with Crippen LogP contribution in [0.5, 0.6) is 6.01 Å². The Morgan fingerprint density at radius 2 is 2.09 bits per heavy atom. The van der Waals surface area contributed by atoms with Gasteiger partial charge in [0.05, 0.1) is 4.88 Å². The van der Waals surface area contributed by atoms with Crippen LogP contribution in [0.3, 0.4) is 0 Å². The minimum atomic E-state index is 0.187. The normalized spacial score (nSPS) is 11.5. The molecule has 0 atom stereocenters. The summed E-state index contributed by atoms with van der Waals surface area (Å²) in [5.74, 6) is 0. The summed E-state index contributed by atoms with van der Waals surface area (Å²) in [6, 6.07) is 5.68. The van der Waals surface area contributed by atoms with E-state index in [1.54, 1.807) is 30.9 Å². The molecule has 3 aromatic heterocycles. The summed E-state index contributed by atoms with van der Waals surface area (Å²) < 4.78 is 0. The maximum Gasteiger partial charge on any atom is 0.345 e. The van der Waals surface area contributed by atoms with Gasteiger partial charge in [0.1, 0.15) is 15.9 Å². The summed E-state index contributed by atoms with van der Waals surface area (Å²) >= 11 is 7.71. The van der Waals surface area contributed by atoms with Crippen molar-refractivity contribution in [3.8, 4) is 16.6 Å². The van der Waals surface area contributed by atoms with Gasteiger partial charge in [-0.05, 0) is 24.6 Å². The summed E-state index contributed by atoms with van der Waals surface area (Å²) in [7, 11) is 0. The molecule has 6 nitrogen and oxygen atoms in total. The lowest BCUT2D eigenvalue weighted by Crippen LogP contribution is -2.01. The van der Waals surface area contributed by atoms with Gasteiger partial charge in [-0.15, -0.1) is 11.3 Å². The topological polar surface area (TPSA) is 73.2 Å². The molecule has 3 aromatic rings. The highest BCUT2D eigenvalue weighted by atomic mass is 35.5. The van der Waals surface area contributed by atoms with Gasteiger partial charge in [0.2, 0.25) is 0 Å². The molecule has 0 N–H and O–H groups in total. The van der Waals surface area contributed by atoms with E-state index in [1.807, 2.05) is 19.1 Å². The van der Waals surface area contributed by atoms with Gasteiger partial charge in [-0.2, -0.15) is 0 Å². The Morgan fingerprint density at radius 3 is 2.78 bits per heavy atom. The van der Waals surface area contributed by atoms with Crippen LogP contribution in [0.15, 0.2) is 48.1 Å². The third-order valence-electron chi connectivity index (χ3n) is 2.87. The highest BCUT2D eigenvalue weighted by Gasteiger charge is 2.16. The van der Waals surface area contributed by atoms with Crippen LogP contribution in [0.25, 0.3) is 10.6 Å². The van der Waals surface area contributed by atoms with E-state index in [9.17, 15) is 0 Å². The molecule has 116 valence electrons. The van der Waals surface area contributed by atoms with Crippen molar-refractivity contribution in [2.75, 3.05) is 0 Å². The van der Waals surface area contributed by atoms with Gasteiger partial charge in [0.25, 0.3) is 0 Å². The molecule has 0 spiro atoms.